The van der Waals surface area contributed by atoms with Gasteiger partial charge in [0.1, 0.15) is 5.52 Å². The van der Waals surface area contributed by atoms with Crippen LogP contribution in [0.1, 0.15) is 122 Å². The van der Waals surface area contributed by atoms with Crippen molar-refractivity contribution in [3.63, 3.8) is 0 Å². The molecule has 4 aliphatic rings. The number of nitrogens with two attached hydrogens (primary N) is 1. The summed E-state index contributed by atoms with van der Waals surface area (Å²) in [6.07, 6.45) is 21.4. The number of hydrogen-bond acceptors (Lipinski definition) is 7. The minimum Gasteiger partial charge on any atom is -0.463 e. The van der Waals surface area contributed by atoms with Gasteiger partial charge >= 0.3 is 11.7 Å². The summed E-state index contributed by atoms with van der Waals surface area (Å²) in [4.78, 5) is 31.4. The molecule has 234 valence electrons. The SMILES string of the molecule is CCCCOc1nc(N)c2[nH]c(=O)n(C(CCCC3CCCN(C4CCCC4)C3)C3CCCN(C4CCCC4)C3)c2n1. The van der Waals surface area contributed by atoms with Crippen molar-refractivity contribution < 1.29 is 4.74 Å². The van der Waals surface area contributed by atoms with Gasteiger partial charge in [-0.15, -0.1) is 0 Å². The fourth-order valence-electron chi connectivity index (χ4n) is 8.76. The summed E-state index contributed by atoms with van der Waals surface area (Å²) in [6.45, 7) is 7.52. The number of hydrogen-bond donors (Lipinski definition) is 2. The molecule has 2 aromatic heterocycles. The molecular weight excluding hydrogens is 526 g/mol. The number of aromatic amines is 1. The molecule has 0 aromatic carbocycles. The van der Waals surface area contributed by atoms with Crippen molar-refractivity contribution in [1.82, 2.24) is 29.3 Å². The zero-order valence-corrected chi connectivity index (χ0v) is 26.1. The van der Waals surface area contributed by atoms with Gasteiger partial charge in [-0.05, 0) is 95.6 Å². The van der Waals surface area contributed by atoms with Gasteiger partial charge in [-0.3, -0.25) is 4.57 Å². The number of likely N-dealkylation sites (tertiary alicyclic amines) is 2. The molecule has 2 saturated heterocycles. The number of imidazole rings is 1. The van der Waals surface area contributed by atoms with Crippen molar-refractivity contribution in [2.75, 3.05) is 38.5 Å². The zero-order chi connectivity index (χ0) is 28.9. The number of rotatable bonds is 12. The highest BCUT2D eigenvalue weighted by Crippen LogP contribution is 2.37. The van der Waals surface area contributed by atoms with Crippen LogP contribution in [0.5, 0.6) is 6.01 Å². The van der Waals surface area contributed by atoms with E-state index in [2.05, 4.69) is 26.7 Å². The summed E-state index contributed by atoms with van der Waals surface area (Å²) in [5.74, 6) is 1.50. The largest absolute Gasteiger partial charge is 0.463 e. The van der Waals surface area contributed by atoms with Crippen molar-refractivity contribution in [2.45, 2.75) is 134 Å². The Balaban J connectivity index is 1.22. The lowest BCUT2D eigenvalue weighted by Gasteiger charge is -2.40. The summed E-state index contributed by atoms with van der Waals surface area (Å²) in [5.41, 5.74) is 7.42. The first kappa shape index (κ1) is 29.9. The quantitative estimate of drug-likeness (QED) is 0.301. The van der Waals surface area contributed by atoms with Crippen LogP contribution < -0.4 is 16.2 Å². The third-order valence-corrected chi connectivity index (χ3v) is 11.0. The van der Waals surface area contributed by atoms with E-state index in [0.29, 0.717) is 35.5 Å². The van der Waals surface area contributed by atoms with Gasteiger partial charge in [0.05, 0.1) is 6.61 Å². The lowest BCUT2D eigenvalue weighted by atomic mass is 9.85. The smallest absolute Gasteiger partial charge is 0.328 e. The first-order chi connectivity index (χ1) is 20.6. The number of nitrogens with one attached hydrogen (secondary N) is 1. The number of fused-ring (bicyclic) bond motifs is 1. The molecule has 0 radical (unpaired) electrons. The van der Waals surface area contributed by atoms with Gasteiger partial charge in [-0.2, -0.15) is 9.97 Å². The fourth-order valence-corrected chi connectivity index (χ4v) is 8.76. The van der Waals surface area contributed by atoms with Crippen LogP contribution in [0.15, 0.2) is 4.79 Å². The Bertz CT molecular complexity index is 1200. The summed E-state index contributed by atoms with van der Waals surface area (Å²) in [5, 5.41) is 0. The number of anilines is 1. The van der Waals surface area contributed by atoms with Crippen LogP contribution in [0.3, 0.4) is 0 Å². The number of aromatic nitrogens is 4. The molecular formula is C33H55N7O2. The van der Waals surface area contributed by atoms with E-state index in [-0.39, 0.29) is 17.7 Å². The third-order valence-electron chi connectivity index (χ3n) is 11.0. The molecule has 0 amide bonds. The molecule has 3 N–H and O–H groups in total. The van der Waals surface area contributed by atoms with Gasteiger partial charge in [0.2, 0.25) is 0 Å². The van der Waals surface area contributed by atoms with Crippen molar-refractivity contribution in [2.24, 2.45) is 11.8 Å². The van der Waals surface area contributed by atoms with E-state index < -0.39 is 0 Å². The van der Waals surface area contributed by atoms with Crippen molar-refractivity contribution in [3.8, 4) is 6.01 Å². The summed E-state index contributed by atoms with van der Waals surface area (Å²) < 4.78 is 7.83. The predicted molar refractivity (Wildman–Crippen MR) is 169 cm³/mol. The molecule has 9 heteroatoms. The highest BCUT2D eigenvalue weighted by Gasteiger charge is 2.35. The Morgan fingerprint density at radius 3 is 2.31 bits per heavy atom. The highest BCUT2D eigenvalue weighted by atomic mass is 16.5. The molecule has 4 heterocycles. The van der Waals surface area contributed by atoms with Crippen molar-refractivity contribution in [1.29, 1.82) is 0 Å². The standard InChI is InChI=1S/C33H55N7O2/c1-2-3-21-42-32-36-30(34)29-31(37-32)40(33(41)35-29)28(25-13-10-20-39(23-25)27-16-6-7-17-27)18-8-11-24-12-9-19-38(22-24)26-14-4-5-15-26/h24-28H,2-23H2,1H3,(H,35,41)(H2,34,36,37). The Morgan fingerprint density at radius 1 is 0.905 bits per heavy atom. The number of nitrogen functional groups attached to an aromatic ring is 1. The molecule has 0 spiro atoms. The second-order valence-corrected chi connectivity index (χ2v) is 13.9. The van der Waals surface area contributed by atoms with Gasteiger partial charge < -0.3 is 25.3 Å². The first-order valence-corrected chi connectivity index (χ1v) is 17.5. The topological polar surface area (TPSA) is 105 Å². The molecule has 0 bridgehead atoms. The maximum Gasteiger partial charge on any atom is 0.328 e. The minimum atomic E-state index is -0.107. The van der Waals surface area contributed by atoms with Gasteiger partial charge in [0.15, 0.2) is 11.5 Å². The second kappa shape index (κ2) is 14.1. The van der Waals surface area contributed by atoms with Crippen molar-refractivity contribution >= 4 is 17.0 Å². The van der Waals surface area contributed by atoms with E-state index in [1.165, 1.54) is 96.7 Å². The number of nitrogens with zero attached hydrogens (tertiary/aromatic N) is 5. The van der Waals surface area contributed by atoms with Crippen LogP contribution >= 0.6 is 0 Å². The van der Waals surface area contributed by atoms with Crippen molar-refractivity contribution in [3.05, 3.63) is 10.5 Å². The monoisotopic (exact) mass is 581 g/mol. The summed E-state index contributed by atoms with van der Waals surface area (Å²) in [6, 6.07) is 1.93. The van der Waals surface area contributed by atoms with E-state index in [1.807, 2.05) is 4.57 Å². The summed E-state index contributed by atoms with van der Waals surface area (Å²) in [7, 11) is 0. The van der Waals surface area contributed by atoms with Crippen LogP contribution in [-0.4, -0.2) is 74.2 Å². The van der Waals surface area contributed by atoms with Gasteiger partial charge in [0.25, 0.3) is 0 Å². The highest BCUT2D eigenvalue weighted by molar-refractivity contribution is 5.82. The Labute approximate surface area is 252 Å². The molecule has 4 fully saturated rings. The predicted octanol–water partition coefficient (Wildman–Crippen LogP) is 5.90. The van der Waals surface area contributed by atoms with Crippen LogP contribution in [-0.2, 0) is 0 Å². The number of H-pyrrole nitrogens is 1. The molecule has 3 atom stereocenters. The Hall–Kier alpha value is -2.13. The molecule has 6 rings (SSSR count). The molecule has 2 aliphatic carbocycles. The van der Waals surface area contributed by atoms with Crippen LogP contribution in [0.2, 0.25) is 0 Å². The average Bonchev–Trinajstić information content (AvgIpc) is 3.79. The molecule has 2 aromatic rings. The van der Waals surface area contributed by atoms with Gasteiger partial charge in [0, 0.05) is 31.2 Å². The Kier molecular flexibility index (Phi) is 10.0. The van der Waals surface area contributed by atoms with Crippen LogP contribution in [0.25, 0.3) is 11.2 Å². The van der Waals surface area contributed by atoms with Gasteiger partial charge in [-0.25, -0.2) is 4.79 Å². The maximum atomic E-state index is 13.7. The van der Waals surface area contributed by atoms with Crippen LogP contribution in [0, 0.1) is 11.8 Å². The van der Waals surface area contributed by atoms with E-state index >= 15 is 0 Å². The molecule has 2 aliphatic heterocycles. The Morgan fingerprint density at radius 2 is 1.60 bits per heavy atom. The molecule has 2 saturated carbocycles. The number of piperidine rings is 2. The average molecular weight is 582 g/mol. The zero-order valence-electron chi connectivity index (χ0n) is 26.1. The fraction of sp³-hybridized carbons (Fsp3) is 0.848. The first-order valence-electron chi connectivity index (χ1n) is 17.5. The lowest BCUT2D eigenvalue weighted by Crippen LogP contribution is -2.45. The normalized spacial score (nSPS) is 25.9. The molecule has 9 nitrogen and oxygen atoms in total. The number of unbranched alkanes of at least 4 members (excludes halogenated alkanes) is 1. The molecule has 3 unspecified atom stereocenters. The third kappa shape index (κ3) is 6.82. The molecule has 42 heavy (non-hydrogen) atoms. The van der Waals surface area contributed by atoms with E-state index in [1.54, 1.807) is 0 Å². The number of ether oxygens (including phenoxy) is 1. The summed E-state index contributed by atoms with van der Waals surface area (Å²) >= 11 is 0. The van der Waals surface area contributed by atoms with Crippen LogP contribution in [0.4, 0.5) is 5.82 Å². The lowest BCUT2D eigenvalue weighted by molar-refractivity contribution is 0.0915. The minimum absolute atomic E-state index is 0.0998. The van der Waals surface area contributed by atoms with E-state index in [4.69, 9.17) is 15.5 Å². The second-order valence-electron chi connectivity index (χ2n) is 13.9. The van der Waals surface area contributed by atoms with E-state index in [0.717, 1.165) is 50.6 Å². The maximum absolute atomic E-state index is 13.7. The van der Waals surface area contributed by atoms with Gasteiger partial charge in [-0.1, -0.05) is 45.4 Å². The van der Waals surface area contributed by atoms with E-state index in [9.17, 15) is 4.79 Å².